The Labute approximate surface area is 233 Å². The van der Waals surface area contributed by atoms with E-state index in [1.165, 1.54) is 41.3 Å². The molecule has 5 rings (SSSR count). The second-order valence-corrected chi connectivity index (χ2v) is 11.6. The zero-order valence-electron chi connectivity index (χ0n) is 22.7. The van der Waals surface area contributed by atoms with Crippen molar-refractivity contribution >= 4 is 19.2 Å². The number of benzene rings is 4. The standard InChI is InChI=1S/C34H37FNO2P/c1-37-25-38-34-29(20-27-13-7-3-8-14-27)21-28(19-26-11-5-2-6-12-26)22-33(34)39-32-16-15-31(35)23-30(32)24-36-17-9-4-10-18-36/h2-3,5-8,11-16,21-23,39H,4,9-10,17-20,24-25H2,1H3. The van der Waals surface area contributed by atoms with Crippen LogP contribution in [0.5, 0.6) is 5.75 Å². The van der Waals surface area contributed by atoms with E-state index in [-0.39, 0.29) is 12.6 Å². The molecule has 1 heterocycles. The van der Waals surface area contributed by atoms with Gasteiger partial charge in [0, 0.05) is 25.4 Å². The number of ether oxygens (including phenoxy) is 2. The van der Waals surface area contributed by atoms with Crippen LogP contribution in [0.3, 0.4) is 0 Å². The summed E-state index contributed by atoms with van der Waals surface area (Å²) in [6.07, 6.45) is 5.32. The molecule has 1 atom stereocenters. The SMILES string of the molecule is COCOc1c(Cc2ccccc2)cc(Cc2ccccc2)cc1Pc1ccc(F)cc1CN1CCCCC1. The third-order valence-corrected chi connectivity index (χ3v) is 8.61. The normalized spacial score (nSPS) is 14.2. The van der Waals surface area contributed by atoms with Crippen LogP contribution in [0.25, 0.3) is 0 Å². The van der Waals surface area contributed by atoms with Crippen LogP contribution >= 0.6 is 8.58 Å². The Hall–Kier alpha value is -3.04. The molecule has 4 aromatic carbocycles. The van der Waals surface area contributed by atoms with Crippen LogP contribution in [0, 0.1) is 5.82 Å². The third kappa shape index (κ3) is 7.76. The minimum atomic E-state index is -0.172. The smallest absolute Gasteiger partial charge is 0.188 e. The molecule has 1 saturated heterocycles. The van der Waals surface area contributed by atoms with E-state index >= 15 is 0 Å². The minimum Gasteiger partial charge on any atom is -0.467 e. The average molecular weight is 542 g/mol. The lowest BCUT2D eigenvalue weighted by Gasteiger charge is -2.27. The lowest BCUT2D eigenvalue weighted by Crippen LogP contribution is -2.31. The molecule has 0 N–H and O–H groups in total. The Kier molecular flexibility index (Phi) is 9.77. The van der Waals surface area contributed by atoms with Crippen molar-refractivity contribution in [3.8, 4) is 5.75 Å². The molecule has 0 aromatic heterocycles. The monoisotopic (exact) mass is 541 g/mol. The van der Waals surface area contributed by atoms with E-state index in [2.05, 4.69) is 71.6 Å². The highest BCUT2D eigenvalue weighted by atomic mass is 31.1. The minimum absolute atomic E-state index is 0.172. The maximum Gasteiger partial charge on any atom is 0.188 e. The number of nitrogens with zero attached hydrogens (tertiary/aromatic N) is 1. The number of hydrogen-bond donors (Lipinski definition) is 0. The molecule has 0 bridgehead atoms. The van der Waals surface area contributed by atoms with Gasteiger partial charge < -0.3 is 9.47 Å². The van der Waals surface area contributed by atoms with Gasteiger partial charge >= 0.3 is 0 Å². The highest BCUT2D eigenvalue weighted by molar-refractivity contribution is 7.55. The number of methoxy groups -OCH3 is 1. The van der Waals surface area contributed by atoms with E-state index in [0.717, 1.165) is 54.7 Å². The lowest BCUT2D eigenvalue weighted by atomic mass is 9.98. The molecule has 1 fully saturated rings. The molecule has 4 aromatic rings. The summed E-state index contributed by atoms with van der Waals surface area (Å²) in [7, 11) is 2.00. The van der Waals surface area contributed by atoms with Crippen molar-refractivity contribution in [3.05, 3.63) is 125 Å². The van der Waals surface area contributed by atoms with E-state index in [1.54, 1.807) is 19.2 Å². The zero-order chi connectivity index (χ0) is 26.9. The number of likely N-dealkylation sites (tertiary alicyclic amines) is 1. The van der Waals surface area contributed by atoms with Crippen molar-refractivity contribution in [2.75, 3.05) is 27.0 Å². The van der Waals surface area contributed by atoms with Gasteiger partial charge in [-0.05, 0) is 83.7 Å². The average Bonchev–Trinajstić information content (AvgIpc) is 2.96. The van der Waals surface area contributed by atoms with Gasteiger partial charge in [0.2, 0.25) is 0 Å². The van der Waals surface area contributed by atoms with E-state index in [4.69, 9.17) is 9.47 Å². The van der Waals surface area contributed by atoms with Crippen molar-refractivity contribution in [2.45, 2.75) is 38.6 Å². The van der Waals surface area contributed by atoms with Crippen LogP contribution in [0.2, 0.25) is 0 Å². The Bertz CT molecular complexity index is 1340. The summed E-state index contributed by atoms with van der Waals surface area (Å²) in [5, 5.41) is 2.31. The van der Waals surface area contributed by atoms with Crippen molar-refractivity contribution in [2.24, 2.45) is 0 Å². The topological polar surface area (TPSA) is 21.7 Å². The van der Waals surface area contributed by atoms with Gasteiger partial charge in [0.15, 0.2) is 6.79 Å². The molecular weight excluding hydrogens is 504 g/mol. The van der Waals surface area contributed by atoms with Crippen molar-refractivity contribution in [1.82, 2.24) is 4.90 Å². The fourth-order valence-electron chi connectivity index (χ4n) is 5.34. The van der Waals surface area contributed by atoms with Crippen LogP contribution in [-0.4, -0.2) is 31.9 Å². The molecule has 0 spiro atoms. The third-order valence-electron chi connectivity index (χ3n) is 7.21. The van der Waals surface area contributed by atoms with E-state index < -0.39 is 0 Å². The summed E-state index contributed by atoms with van der Waals surface area (Å²) in [6.45, 7) is 3.13. The number of halogens is 1. The number of hydrogen-bond acceptors (Lipinski definition) is 3. The second-order valence-electron chi connectivity index (χ2n) is 10.3. The van der Waals surface area contributed by atoms with Crippen LogP contribution in [0.1, 0.15) is 47.1 Å². The quantitative estimate of drug-likeness (QED) is 0.158. The first-order valence-corrected chi connectivity index (χ1v) is 14.8. The molecule has 1 aliphatic heterocycles. The second kappa shape index (κ2) is 13.8. The zero-order valence-corrected chi connectivity index (χ0v) is 23.7. The highest BCUT2D eigenvalue weighted by Gasteiger charge is 2.18. The maximum atomic E-state index is 14.4. The van der Waals surface area contributed by atoms with Crippen molar-refractivity contribution < 1.29 is 13.9 Å². The summed E-state index contributed by atoms with van der Waals surface area (Å²) in [6, 6.07) is 30.9. The summed E-state index contributed by atoms with van der Waals surface area (Å²) >= 11 is 0. The summed E-state index contributed by atoms with van der Waals surface area (Å²) in [4.78, 5) is 2.46. The summed E-state index contributed by atoms with van der Waals surface area (Å²) < 4.78 is 26.1. The lowest BCUT2D eigenvalue weighted by molar-refractivity contribution is 0.0513. The Morgan fingerprint density at radius 1 is 0.718 bits per heavy atom. The largest absolute Gasteiger partial charge is 0.467 e. The van der Waals surface area contributed by atoms with Crippen molar-refractivity contribution in [1.29, 1.82) is 0 Å². The van der Waals surface area contributed by atoms with Crippen molar-refractivity contribution in [3.63, 3.8) is 0 Å². The van der Waals surface area contributed by atoms with E-state index in [0.29, 0.717) is 8.58 Å². The molecule has 0 radical (unpaired) electrons. The molecule has 0 aliphatic carbocycles. The molecule has 202 valence electrons. The van der Waals surface area contributed by atoms with Crippen LogP contribution in [0.4, 0.5) is 4.39 Å². The van der Waals surface area contributed by atoms with Gasteiger partial charge in [-0.3, -0.25) is 4.90 Å². The molecule has 1 unspecified atom stereocenters. The van der Waals surface area contributed by atoms with Crippen LogP contribution in [0.15, 0.2) is 91.0 Å². The fourth-order valence-corrected chi connectivity index (χ4v) is 6.71. The predicted octanol–water partition coefficient (Wildman–Crippen LogP) is 6.61. The van der Waals surface area contributed by atoms with Gasteiger partial charge in [0.1, 0.15) is 11.6 Å². The molecule has 3 nitrogen and oxygen atoms in total. The molecule has 5 heteroatoms. The van der Waals surface area contributed by atoms with Gasteiger partial charge in [-0.15, -0.1) is 0 Å². The van der Waals surface area contributed by atoms with Crippen LogP contribution < -0.4 is 15.3 Å². The van der Waals surface area contributed by atoms with Gasteiger partial charge in [-0.25, -0.2) is 4.39 Å². The molecule has 39 heavy (non-hydrogen) atoms. The van der Waals surface area contributed by atoms with Gasteiger partial charge in [-0.1, -0.05) is 87.8 Å². The molecule has 0 amide bonds. The summed E-state index contributed by atoms with van der Waals surface area (Å²) in [5.74, 6) is 0.707. The molecule has 0 saturated carbocycles. The van der Waals surface area contributed by atoms with Gasteiger partial charge in [-0.2, -0.15) is 0 Å². The Morgan fingerprint density at radius 2 is 1.41 bits per heavy atom. The van der Waals surface area contributed by atoms with E-state index in [1.807, 2.05) is 12.1 Å². The first-order valence-electron chi connectivity index (χ1n) is 13.8. The first kappa shape index (κ1) is 27.5. The van der Waals surface area contributed by atoms with Crippen LogP contribution in [-0.2, 0) is 24.1 Å². The first-order chi connectivity index (χ1) is 19.2. The van der Waals surface area contributed by atoms with Gasteiger partial charge in [0.05, 0.1) is 0 Å². The van der Waals surface area contributed by atoms with Gasteiger partial charge in [0.25, 0.3) is 0 Å². The van der Waals surface area contributed by atoms with E-state index in [9.17, 15) is 4.39 Å². The Balaban J connectivity index is 1.54. The molecular formula is C34H37FNO2P. The maximum absolute atomic E-state index is 14.4. The predicted molar refractivity (Wildman–Crippen MR) is 161 cm³/mol. The molecule has 1 aliphatic rings. The highest BCUT2D eigenvalue weighted by Crippen LogP contribution is 2.30. The fraction of sp³-hybridized carbons (Fsp3) is 0.294. The number of piperidine rings is 1. The number of rotatable bonds is 11. The Morgan fingerprint density at radius 3 is 2.10 bits per heavy atom. The summed E-state index contributed by atoms with van der Waals surface area (Å²) in [5.41, 5.74) is 5.98.